The Bertz CT molecular complexity index is 854. The van der Waals surface area contributed by atoms with Gasteiger partial charge in [0.2, 0.25) is 11.9 Å². The van der Waals surface area contributed by atoms with Crippen LogP contribution < -0.4 is 15.0 Å². The first kappa shape index (κ1) is 17.5. The summed E-state index contributed by atoms with van der Waals surface area (Å²) in [4.78, 5) is 20.2. The second-order valence-corrected chi connectivity index (χ2v) is 6.72. The maximum atomic E-state index is 5.28. The van der Waals surface area contributed by atoms with E-state index in [1.807, 2.05) is 35.0 Å². The molecule has 0 bridgehead atoms. The lowest BCUT2D eigenvalue weighted by Gasteiger charge is -2.20. The number of methoxy groups -OCH3 is 1. The maximum absolute atomic E-state index is 5.28. The third kappa shape index (κ3) is 4.27. The van der Waals surface area contributed by atoms with Crippen molar-refractivity contribution in [3.63, 3.8) is 0 Å². The Morgan fingerprint density at radius 1 is 1.04 bits per heavy atom. The van der Waals surface area contributed by atoms with Gasteiger partial charge in [-0.2, -0.15) is 15.0 Å². The maximum Gasteiger partial charge on any atom is 0.322 e. The summed E-state index contributed by atoms with van der Waals surface area (Å²) in [5.41, 5.74) is 1.99. The highest BCUT2D eigenvalue weighted by molar-refractivity contribution is 5.40. The number of nitrogens with zero attached hydrogens (tertiary/aromatic N) is 6. The molecule has 3 aromatic heterocycles. The van der Waals surface area contributed by atoms with Crippen LogP contribution in [0.4, 0.5) is 11.9 Å². The first-order valence-electron chi connectivity index (χ1n) is 9.53. The Morgan fingerprint density at radius 2 is 1.89 bits per heavy atom. The van der Waals surface area contributed by atoms with E-state index in [0.29, 0.717) is 24.5 Å². The molecule has 0 amide bonds. The summed E-state index contributed by atoms with van der Waals surface area (Å²) in [6.07, 6.45) is 9.72. The molecule has 142 valence electrons. The SMILES string of the molecule is COc1nc(NCCc2cn3ccccc3n2)nc(N2CCCCCC2)n1. The van der Waals surface area contributed by atoms with Crippen molar-refractivity contribution in [2.24, 2.45) is 0 Å². The van der Waals surface area contributed by atoms with Gasteiger partial charge in [-0.3, -0.25) is 0 Å². The van der Waals surface area contributed by atoms with Gasteiger partial charge in [-0.25, -0.2) is 4.98 Å². The summed E-state index contributed by atoms with van der Waals surface area (Å²) < 4.78 is 7.30. The molecule has 3 aromatic rings. The van der Waals surface area contributed by atoms with E-state index in [4.69, 9.17) is 4.74 Å². The van der Waals surface area contributed by atoms with Crippen molar-refractivity contribution >= 4 is 17.5 Å². The zero-order valence-corrected chi connectivity index (χ0v) is 15.6. The highest BCUT2D eigenvalue weighted by Crippen LogP contribution is 2.19. The van der Waals surface area contributed by atoms with Crippen molar-refractivity contribution in [3.05, 3.63) is 36.3 Å². The van der Waals surface area contributed by atoms with Crippen LogP contribution in [0.2, 0.25) is 0 Å². The molecular weight excluding hydrogens is 342 g/mol. The Hall–Kier alpha value is -2.90. The van der Waals surface area contributed by atoms with Gasteiger partial charge in [0.25, 0.3) is 0 Å². The standard InChI is InChI=1S/C19H25N7O/c1-27-19-23-17(22-18(24-19)25-11-5-2-3-6-12-25)20-10-9-15-14-26-13-7-4-8-16(26)21-15/h4,7-8,13-14H,2-3,5-6,9-12H2,1H3,(H,20,22,23,24). The number of ether oxygens (including phenoxy) is 1. The van der Waals surface area contributed by atoms with Crippen molar-refractivity contribution in [2.75, 3.05) is 37.0 Å². The van der Waals surface area contributed by atoms with Crippen molar-refractivity contribution in [1.29, 1.82) is 0 Å². The van der Waals surface area contributed by atoms with Crippen LogP contribution >= 0.6 is 0 Å². The largest absolute Gasteiger partial charge is 0.467 e. The average molecular weight is 367 g/mol. The molecule has 1 aliphatic rings. The molecule has 1 fully saturated rings. The van der Waals surface area contributed by atoms with E-state index in [1.165, 1.54) is 25.7 Å². The van der Waals surface area contributed by atoms with E-state index >= 15 is 0 Å². The van der Waals surface area contributed by atoms with Crippen LogP contribution in [0.5, 0.6) is 6.01 Å². The minimum absolute atomic E-state index is 0.347. The van der Waals surface area contributed by atoms with Crippen LogP contribution in [0.3, 0.4) is 0 Å². The number of hydrogen-bond donors (Lipinski definition) is 1. The van der Waals surface area contributed by atoms with E-state index < -0.39 is 0 Å². The van der Waals surface area contributed by atoms with Gasteiger partial charge in [0.15, 0.2) is 0 Å². The predicted molar refractivity (Wildman–Crippen MR) is 104 cm³/mol. The number of aromatic nitrogens is 5. The number of nitrogens with one attached hydrogen (secondary N) is 1. The first-order chi connectivity index (χ1) is 13.3. The van der Waals surface area contributed by atoms with Crippen LogP contribution in [0.1, 0.15) is 31.4 Å². The summed E-state index contributed by atoms with van der Waals surface area (Å²) in [5, 5.41) is 3.29. The molecule has 4 rings (SSSR count). The normalized spacial score (nSPS) is 14.9. The number of rotatable bonds is 6. The predicted octanol–water partition coefficient (Wildman–Crippen LogP) is 2.56. The Balaban J connectivity index is 1.43. The highest BCUT2D eigenvalue weighted by Gasteiger charge is 2.15. The van der Waals surface area contributed by atoms with Gasteiger partial charge >= 0.3 is 6.01 Å². The zero-order valence-electron chi connectivity index (χ0n) is 15.6. The van der Waals surface area contributed by atoms with Gasteiger partial charge < -0.3 is 19.4 Å². The molecule has 0 unspecified atom stereocenters. The number of imidazole rings is 1. The summed E-state index contributed by atoms with van der Waals surface area (Å²) >= 11 is 0. The van der Waals surface area contributed by atoms with Crippen LogP contribution in [0.25, 0.3) is 5.65 Å². The van der Waals surface area contributed by atoms with Gasteiger partial charge in [0.1, 0.15) is 5.65 Å². The lowest BCUT2D eigenvalue weighted by molar-refractivity contribution is 0.378. The number of fused-ring (bicyclic) bond motifs is 1. The fourth-order valence-electron chi connectivity index (χ4n) is 3.34. The van der Waals surface area contributed by atoms with E-state index in [1.54, 1.807) is 7.11 Å². The van der Waals surface area contributed by atoms with Crippen LogP contribution in [-0.2, 0) is 6.42 Å². The topological polar surface area (TPSA) is 80.5 Å². The average Bonchev–Trinajstić information content (AvgIpc) is 2.91. The third-order valence-corrected chi connectivity index (χ3v) is 4.75. The minimum atomic E-state index is 0.347. The van der Waals surface area contributed by atoms with Gasteiger partial charge in [0, 0.05) is 38.4 Å². The Morgan fingerprint density at radius 3 is 2.67 bits per heavy atom. The summed E-state index contributed by atoms with van der Waals surface area (Å²) in [6.45, 7) is 2.65. The molecule has 0 radical (unpaired) electrons. The smallest absolute Gasteiger partial charge is 0.322 e. The Labute approximate surface area is 158 Å². The molecule has 1 saturated heterocycles. The van der Waals surface area contributed by atoms with Crippen molar-refractivity contribution in [3.8, 4) is 6.01 Å². The second-order valence-electron chi connectivity index (χ2n) is 6.72. The molecule has 27 heavy (non-hydrogen) atoms. The van der Waals surface area contributed by atoms with E-state index in [0.717, 1.165) is 30.9 Å². The zero-order chi connectivity index (χ0) is 18.5. The fourth-order valence-corrected chi connectivity index (χ4v) is 3.34. The fraction of sp³-hybridized carbons (Fsp3) is 0.474. The van der Waals surface area contributed by atoms with Crippen molar-refractivity contribution < 1.29 is 4.74 Å². The first-order valence-corrected chi connectivity index (χ1v) is 9.53. The molecule has 0 saturated carbocycles. The van der Waals surface area contributed by atoms with Gasteiger partial charge in [0.05, 0.1) is 12.8 Å². The van der Waals surface area contributed by atoms with Crippen molar-refractivity contribution in [2.45, 2.75) is 32.1 Å². The number of hydrogen-bond acceptors (Lipinski definition) is 7. The number of pyridine rings is 1. The van der Waals surface area contributed by atoms with Crippen LogP contribution in [0.15, 0.2) is 30.6 Å². The molecule has 0 aromatic carbocycles. The minimum Gasteiger partial charge on any atom is -0.467 e. The van der Waals surface area contributed by atoms with E-state index in [2.05, 4.69) is 30.2 Å². The summed E-state index contributed by atoms with van der Waals surface area (Å²) in [6, 6.07) is 6.34. The molecule has 8 heteroatoms. The second kappa shape index (κ2) is 8.20. The van der Waals surface area contributed by atoms with E-state index in [9.17, 15) is 0 Å². The molecule has 0 aliphatic carbocycles. The Kier molecular flexibility index (Phi) is 5.32. The summed E-state index contributed by atoms with van der Waals surface area (Å²) in [7, 11) is 1.59. The monoisotopic (exact) mass is 367 g/mol. The quantitative estimate of drug-likeness (QED) is 0.717. The van der Waals surface area contributed by atoms with Gasteiger partial charge in [-0.1, -0.05) is 18.9 Å². The van der Waals surface area contributed by atoms with E-state index in [-0.39, 0.29) is 0 Å². The molecular formula is C19H25N7O. The summed E-state index contributed by atoms with van der Waals surface area (Å²) in [5.74, 6) is 1.24. The van der Waals surface area contributed by atoms with Crippen molar-refractivity contribution in [1.82, 2.24) is 24.3 Å². The molecule has 1 aliphatic heterocycles. The molecule has 8 nitrogen and oxygen atoms in total. The van der Waals surface area contributed by atoms with Crippen LogP contribution in [0, 0.1) is 0 Å². The highest BCUT2D eigenvalue weighted by atomic mass is 16.5. The van der Waals surface area contributed by atoms with Gasteiger partial charge in [-0.15, -0.1) is 0 Å². The molecule has 0 atom stereocenters. The van der Waals surface area contributed by atoms with Crippen LogP contribution in [-0.4, -0.2) is 51.1 Å². The van der Waals surface area contributed by atoms with Gasteiger partial charge in [-0.05, 0) is 25.0 Å². The lowest BCUT2D eigenvalue weighted by Crippen LogP contribution is -2.27. The molecule has 0 spiro atoms. The lowest BCUT2D eigenvalue weighted by atomic mass is 10.2. The number of anilines is 2. The third-order valence-electron chi connectivity index (χ3n) is 4.75. The molecule has 4 heterocycles. The molecule has 1 N–H and O–H groups in total.